The zero-order valence-corrected chi connectivity index (χ0v) is 8.68. The van der Waals surface area contributed by atoms with Gasteiger partial charge < -0.3 is 10.1 Å². The fourth-order valence-electron chi connectivity index (χ4n) is 1.42. The average molecular weight is 197 g/mol. The first-order valence-electron chi connectivity index (χ1n) is 4.69. The molecule has 78 valence electrons. The lowest BCUT2D eigenvalue weighted by Crippen LogP contribution is -2.55. The Morgan fingerprint density at radius 1 is 1.50 bits per heavy atom. The highest BCUT2D eigenvalue weighted by Crippen LogP contribution is 2.25. The minimum atomic E-state index is -0.631. The summed E-state index contributed by atoms with van der Waals surface area (Å²) in [5, 5.41) is 5.86. The van der Waals surface area contributed by atoms with Crippen LogP contribution in [0, 0.1) is 0 Å². The second-order valence-corrected chi connectivity index (χ2v) is 4.81. The standard InChI is InChI=1S/C9H15N3O2/c1-8(2,3)11-7-10-6(13)9(12-7)4-14-5-9/h4-5H2,1-3H3,(H2,10,11,12,13). The van der Waals surface area contributed by atoms with Crippen molar-refractivity contribution in [3.63, 3.8) is 0 Å². The van der Waals surface area contributed by atoms with Gasteiger partial charge in [-0.1, -0.05) is 0 Å². The summed E-state index contributed by atoms with van der Waals surface area (Å²) in [5.41, 5.74) is -0.726. The van der Waals surface area contributed by atoms with Gasteiger partial charge >= 0.3 is 0 Å². The van der Waals surface area contributed by atoms with Gasteiger partial charge in [-0.15, -0.1) is 0 Å². The average Bonchev–Trinajstić information content (AvgIpc) is 2.21. The van der Waals surface area contributed by atoms with E-state index in [0.717, 1.165) is 0 Å². The van der Waals surface area contributed by atoms with E-state index in [4.69, 9.17) is 4.74 Å². The molecule has 2 aliphatic rings. The molecular weight excluding hydrogens is 182 g/mol. The van der Waals surface area contributed by atoms with Crippen LogP contribution < -0.4 is 10.6 Å². The first kappa shape index (κ1) is 9.45. The van der Waals surface area contributed by atoms with Crippen LogP contribution in [-0.4, -0.2) is 36.2 Å². The van der Waals surface area contributed by atoms with Gasteiger partial charge in [-0.3, -0.25) is 10.1 Å². The Morgan fingerprint density at radius 2 is 2.14 bits per heavy atom. The third kappa shape index (κ3) is 1.48. The van der Waals surface area contributed by atoms with Gasteiger partial charge in [0.1, 0.15) is 0 Å². The predicted molar refractivity (Wildman–Crippen MR) is 52.0 cm³/mol. The topological polar surface area (TPSA) is 62.7 Å². The van der Waals surface area contributed by atoms with E-state index in [1.165, 1.54) is 0 Å². The summed E-state index contributed by atoms with van der Waals surface area (Å²) < 4.78 is 5.01. The smallest absolute Gasteiger partial charge is 0.259 e. The molecule has 2 aliphatic heterocycles. The summed E-state index contributed by atoms with van der Waals surface area (Å²) in [6.45, 7) is 6.85. The molecule has 2 rings (SSSR count). The molecule has 2 heterocycles. The minimum Gasteiger partial charge on any atom is -0.375 e. The quantitative estimate of drug-likeness (QED) is 0.557. The molecular formula is C9H15N3O2. The summed E-state index contributed by atoms with van der Waals surface area (Å²) in [4.78, 5) is 15.8. The number of aliphatic imine (C=N–C) groups is 1. The van der Waals surface area contributed by atoms with Crippen LogP contribution in [0.4, 0.5) is 0 Å². The maximum atomic E-state index is 11.5. The molecule has 0 aromatic heterocycles. The van der Waals surface area contributed by atoms with Crippen molar-refractivity contribution in [2.24, 2.45) is 4.99 Å². The van der Waals surface area contributed by atoms with Crippen molar-refractivity contribution in [2.45, 2.75) is 31.8 Å². The van der Waals surface area contributed by atoms with E-state index < -0.39 is 5.54 Å². The van der Waals surface area contributed by atoms with Gasteiger partial charge in [0.25, 0.3) is 5.91 Å². The van der Waals surface area contributed by atoms with Crippen LogP contribution in [-0.2, 0) is 9.53 Å². The lowest BCUT2D eigenvalue weighted by Gasteiger charge is -2.31. The fourth-order valence-corrected chi connectivity index (χ4v) is 1.42. The van der Waals surface area contributed by atoms with E-state index in [9.17, 15) is 4.79 Å². The second-order valence-electron chi connectivity index (χ2n) is 4.81. The molecule has 1 spiro atoms. The summed E-state index contributed by atoms with van der Waals surface area (Å²) in [6.07, 6.45) is 0. The number of nitrogens with zero attached hydrogens (tertiary/aromatic N) is 1. The zero-order valence-electron chi connectivity index (χ0n) is 8.68. The highest BCUT2D eigenvalue weighted by atomic mass is 16.5. The molecule has 1 saturated heterocycles. The summed E-state index contributed by atoms with van der Waals surface area (Å²) in [7, 11) is 0. The van der Waals surface area contributed by atoms with Gasteiger partial charge in [-0.2, -0.15) is 0 Å². The molecule has 0 atom stereocenters. The summed E-state index contributed by atoms with van der Waals surface area (Å²) in [6, 6.07) is 0. The molecule has 0 radical (unpaired) electrons. The van der Waals surface area contributed by atoms with Crippen LogP contribution in [0.25, 0.3) is 0 Å². The van der Waals surface area contributed by atoms with Gasteiger partial charge in [-0.25, -0.2) is 4.99 Å². The van der Waals surface area contributed by atoms with Gasteiger partial charge in [0.2, 0.25) is 0 Å². The molecule has 2 N–H and O–H groups in total. The molecule has 14 heavy (non-hydrogen) atoms. The highest BCUT2D eigenvalue weighted by Gasteiger charge is 2.50. The number of hydrogen-bond donors (Lipinski definition) is 2. The number of guanidine groups is 1. The van der Waals surface area contributed by atoms with Crippen LogP contribution in [0.15, 0.2) is 4.99 Å². The van der Waals surface area contributed by atoms with Crippen LogP contribution in [0.2, 0.25) is 0 Å². The van der Waals surface area contributed by atoms with Crippen molar-refractivity contribution >= 4 is 11.9 Å². The number of nitrogens with one attached hydrogen (secondary N) is 2. The molecule has 0 aliphatic carbocycles. The Morgan fingerprint density at radius 3 is 2.50 bits per heavy atom. The normalized spacial score (nSPS) is 24.2. The van der Waals surface area contributed by atoms with Crippen molar-refractivity contribution in [3.8, 4) is 0 Å². The van der Waals surface area contributed by atoms with Gasteiger partial charge in [0.05, 0.1) is 13.2 Å². The predicted octanol–water partition coefficient (Wildman–Crippen LogP) is -0.371. The molecule has 0 bridgehead atoms. The molecule has 1 fully saturated rings. The van der Waals surface area contributed by atoms with E-state index in [0.29, 0.717) is 19.2 Å². The second kappa shape index (κ2) is 2.70. The van der Waals surface area contributed by atoms with Crippen molar-refractivity contribution < 1.29 is 9.53 Å². The van der Waals surface area contributed by atoms with Gasteiger partial charge in [0.15, 0.2) is 11.5 Å². The highest BCUT2D eigenvalue weighted by molar-refractivity contribution is 6.08. The van der Waals surface area contributed by atoms with Crippen molar-refractivity contribution in [2.75, 3.05) is 13.2 Å². The Balaban J connectivity index is 2.09. The van der Waals surface area contributed by atoms with E-state index in [1.54, 1.807) is 0 Å². The van der Waals surface area contributed by atoms with Crippen LogP contribution in [0.5, 0.6) is 0 Å². The number of amides is 1. The monoisotopic (exact) mass is 197 g/mol. The van der Waals surface area contributed by atoms with E-state index >= 15 is 0 Å². The third-order valence-electron chi connectivity index (χ3n) is 2.16. The van der Waals surface area contributed by atoms with Crippen molar-refractivity contribution in [1.82, 2.24) is 10.6 Å². The van der Waals surface area contributed by atoms with E-state index in [-0.39, 0.29) is 11.4 Å². The first-order chi connectivity index (χ1) is 6.41. The van der Waals surface area contributed by atoms with Crippen LogP contribution >= 0.6 is 0 Å². The number of rotatable bonds is 0. The molecule has 0 unspecified atom stereocenters. The Bertz CT molecular complexity index is 300. The lowest BCUT2D eigenvalue weighted by molar-refractivity contribution is -0.139. The fraction of sp³-hybridized carbons (Fsp3) is 0.778. The lowest BCUT2D eigenvalue weighted by atomic mass is 9.99. The Kier molecular flexibility index (Phi) is 1.82. The Labute approximate surface area is 82.9 Å². The molecule has 5 heteroatoms. The van der Waals surface area contributed by atoms with Crippen LogP contribution in [0.1, 0.15) is 20.8 Å². The largest absolute Gasteiger partial charge is 0.375 e. The van der Waals surface area contributed by atoms with Crippen molar-refractivity contribution in [3.05, 3.63) is 0 Å². The molecule has 1 amide bonds. The van der Waals surface area contributed by atoms with Gasteiger partial charge in [0, 0.05) is 5.54 Å². The molecule has 0 aromatic carbocycles. The van der Waals surface area contributed by atoms with Crippen LogP contribution in [0.3, 0.4) is 0 Å². The number of hydrogen-bond acceptors (Lipinski definition) is 4. The minimum absolute atomic E-state index is 0.0597. The maximum Gasteiger partial charge on any atom is 0.259 e. The first-order valence-corrected chi connectivity index (χ1v) is 4.69. The number of carbonyl (C=O) groups is 1. The number of ether oxygens (including phenoxy) is 1. The Hall–Kier alpha value is -1.10. The van der Waals surface area contributed by atoms with Gasteiger partial charge in [-0.05, 0) is 20.8 Å². The third-order valence-corrected chi connectivity index (χ3v) is 2.16. The summed E-state index contributed by atoms with van der Waals surface area (Å²) in [5.74, 6) is 0.501. The molecule has 5 nitrogen and oxygen atoms in total. The number of carbonyl (C=O) groups excluding carboxylic acids is 1. The van der Waals surface area contributed by atoms with Crippen molar-refractivity contribution in [1.29, 1.82) is 0 Å². The zero-order chi connectivity index (χ0) is 10.4. The molecule has 0 aromatic rings. The van der Waals surface area contributed by atoms with E-state index in [2.05, 4.69) is 15.6 Å². The SMILES string of the molecule is CC(C)(C)NC1=NC2(COC2)C(=O)N1. The van der Waals surface area contributed by atoms with E-state index in [1.807, 2.05) is 20.8 Å². The maximum absolute atomic E-state index is 11.5. The molecule has 0 saturated carbocycles. The summed E-state index contributed by atoms with van der Waals surface area (Å²) >= 11 is 0.